The van der Waals surface area contributed by atoms with Crippen LogP contribution in [0.4, 0.5) is 10.1 Å². The molecule has 2 aromatic rings. The maximum absolute atomic E-state index is 13.4. The second-order valence-electron chi connectivity index (χ2n) is 4.63. The highest BCUT2D eigenvalue weighted by atomic mass is 19.1. The number of aryl methyl sites for hydroxylation is 1. The topological polar surface area (TPSA) is 71.3 Å². The van der Waals surface area contributed by atoms with Gasteiger partial charge in [0.05, 0.1) is 6.26 Å². The Morgan fingerprint density at radius 3 is 2.67 bits per heavy atom. The molecule has 21 heavy (non-hydrogen) atoms. The van der Waals surface area contributed by atoms with Gasteiger partial charge in [-0.15, -0.1) is 0 Å². The van der Waals surface area contributed by atoms with Gasteiger partial charge >= 0.3 is 0 Å². The second-order valence-corrected chi connectivity index (χ2v) is 4.63. The van der Waals surface area contributed by atoms with E-state index in [-0.39, 0.29) is 5.76 Å². The van der Waals surface area contributed by atoms with Crippen LogP contribution in [0.25, 0.3) is 0 Å². The highest BCUT2D eigenvalue weighted by Crippen LogP contribution is 2.13. The summed E-state index contributed by atoms with van der Waals surface area (Å²) in [5, 5.41) is 5.03. The Kier molecular flexibility index (Phi) is 4.37. The van der Waals surface area contributed by atoms with Crippen LogP contribution >= 0.6 is 0 Å². The van der Waals surface area contributed by atoms with E-state index in [0.717, 1.165) is 0 Å². The molecule has 110 valence electrons. The van der Waals surface area contributed by atoms with Gasteiger partial charge in [0.1, 0.15) is 11.9 Å². The number of nitrogens with one attached hydrogen (secondary N) is 2. The van der Waals surface area contributed by atoms with Crippen LogP contribution in [0.15, 0.2) is 41.0 Å². The summed E-state index contributed by atoms with van der Waals surface area (Å²) in [6, 6.07) is 6.68. The number of carbonyl (C=O) groups excluding carboxylic acids is 2. The van der Waals surface area contributed by atoms with Crippen LogP contribution in [0.2, 0.25) is 0 Å². The number of hydrogen-bond acceptors (Lipinski definition) is 3. The molecule has 0 aliphatic carbocycles. The fourth-order valence-corrected chi connectivity index (χ4v) is 1.66. The number of rotatable bonds is 4. The Morgan fingerprint density at radius 2 is 2.05 bits per heavy atom. The average molecular weight is 290 g/mol. The molecular weight excluding hydrogens is 275 g/mol. The molecule has 0 saturated heterocycles. The third-order valence-corrected chi connectivity index (χ3v) is 2.93. The van der Waals surface area contributed by atoms with Crippen molar-refractivity contribution in [3.8, 4) is 0 Å². The fraction of sp³-hybridized carbons (Fsp3) is 0.200. The largest absolute Gasteiger partial charge is 0.459 e. The molecule has 0 bridgehead atoms. The first-order valence-corrected chi connectivity index (χ1v) is 6.39. The number of carbonyl (C=O) groups is 2. The number of anilines is 1. The summed E-state index contributed by atoms with van der Waals surface area (Å²) in [4.78, 5) is 23.7. The van der Waals surface area contributed by atoms with E-state index in [1.807, 2.05) is 0 Å². The van der Waals surface area contributed by atoms with Crippen LogP contribution in [0.5, 0.6) is 0 Å². The van der Waals surface area contributed by atoms with Crippen molar-refractivity contribution in [1.29, 1.82) is 0 Å². The molecule has 2 amide bonds. The first-order chi connectivity index (χ1) is 9.97. The summed E-state index contributed by atoms with van der Waals surface area (Å²) in [5.74, 6) is -1.22. The zero-order valence-electron chi connectivity index (χ0n) is 11.6. The molecule has 0 fully saturated rings. The SMILES string of the molecule is Cc1ccc(NC(=O)[C@H](C)NC(=O)c2ccco2)cc1F. The Morgan fingerprint density at radius 1 is 1.29 bits per heavy atom. The van der Waals surface area contributed by atoms with Crippen molar-refractivity contribution in [2.75, 3.05) is 5.32 Å². The van der Waals surface area contributed by atoms with Crippen molar-refractivity contribution in [3.05, 3.63) is 53.7 Å². The maximum atomic E-state index is 13.4. The minimum absolute atomic E-state index is 0.121. The molecule has 1 aromatic heterocycles. The van der Waals surface area contributed by atoms with Crippen molar-refractivity contribution in [2.24, 2.45) is 0 Å². The van der Waals surface area contributed by atoms with Gasteiger partial charge in [0.2, 0.25) is 5.91 Å². The van der Waals surface area contributed by atoms with Gasteiger partial charge in [-0.05, 0) is 43.7 Å². The minimum atomic E-state index is -0.785. The molecule has 0 radical (unpaired) electrons. The number of halogens is 1. The molecule has 0 aliphatic heterocycles. The standard InChI is InChI=1S/C15H15FN2O3/c1-9-5-6-11(8-12(9)16)18-14(19)10(2)17-15(20)13-4-3-7-21-13/h3-8,10H,1-2H3,(H,17,20)(H,18,19)/t10-/m0/s1. The molecule has 1 atom stereocenters. The zero-order chi connectivity index (χ0) is 15.4. The molecular formula is C15H15FN2O3. The predicted molar refractivity (Wildman–Crippen MR) is 75.4 cm³/mol. The van der Waals surface area contributed by atoms with E-state index in [0.29, 0.717) is 11.3 Å². The van der Waals surface area contributed by atoms with E-state index in [1.165, 1.54) is 25.3 Å². The molecule has 0 unspecified atom stereocenters. The lowest BCUT2D eigenvalue weighted by atomic mass is 10.2. The lowest BCUT2D eigenvalue weighted by Crippen LogP contribution is -2.41. The van der Waals surface area contributed by atoms with E-state index in [9.17, 15) is 14.0 Å². The minimum Gasteiger partial charge on any atom is -0.459 e. The highest BCUT2D eigenvalue weighted by Gasteiger charge is 2.18. The molecule has 2 N–H and O–H groups in total. The van der Waals surface area contributed by atoms with E-state index in [4.69, 9.17) is 4.42 Å². The molecule has 0 saturated carbocycles. The van der Waals surface area contributed by atoms with Gasteiger partial charge in [0.25, 0.3) is 5.91 Å². The monoisotopic (exact) mass is 290 g/mol. The number of amides is 2. The van der Waals surface area contributed by atoms with Gasteiger partial charge in [0, 0.05) is 5.69 Å². The van der Waals surface area contributed by atoms with E-state index in [2.05, 4.69) is 10.6 Å². The summed E-state index contributed by atoms with van der Waals surface area (Å²) in [6.07, 6.45) is 1.37. The summed E-state index contributed by atoms with van der Waals surface area (Å²) in [6.45, 7) is 3.16. The van der Waals surface area contributed by atoms with Crippen molar-refractivity contribution in [3.63, 3.8) is 0 Å². The van der Waals surface area contributed by atoms with Crippen molar-refractivity contribution in [2.45, 2.75) is 19.9 Å². The molecule has 6 heteroatoms. The van der Waals surface area contributed by atoms with Crippen molar-refractivity contribution in [1.82, 2.24) is 5.32 Å². The van der Waals surface area contributed by atoms with Crippen LogP contribution in [0.1, 0.15) is 23.0 Å². The lowest BCUT2D eigenvalue weighted by Gasteiger charge is -2.13. The Hall–Kier alpha value is -2.63. The van der Waals surface area contributed by atoms with E-state index < -0.39 is 23.7 Å². The Balaban J connectivity index is 1.96. The highest BCUT2D eigenvalue weighted by molar-refractivity contribution is 5.99. The summed E-state index contributed by atoms with van der Waals surface area (Å²) in [7, 11) is 0. The van der Waals surface area contributed by atoms with Crippen LogP contribution in [-0.2, 0) is 4.79 Å². The van der Waals surface area contributed by atoms with Gasteiger partial charge < -0.3 is 15.1 Å². The van der Waals surface area contributed by atoms with Gasteiger partial charge in [0.15, 0.2) is 5.76 Å². The average Bonchev–Trinajstić information content (AvgIpc) is 2.97. The Labute approximate surface area is 121 Å². The Bertz CT molecular complexity index is 653. The first kappa shape index (κ1) is 14.8. The molecule has 1 aromatic carbocycles. The van der Waals surface area contributed by atoms with Gasteiger partial charge in [-0.1, -0.05) is 6.07 Å². The normalized spacial score (nSPS) is 11.8. The molecule has 0 aliphatic rings. The van der Waals surface area contributed by atoms with Crippen LogP contribution in [0, 0.1) is 12.7 Å². The third kappa shape index (κ3) is 3.68. The zero-order valence-corrected chi connectivity index (χ0v) is 11.6. The van der Waals surface area contributed by atoms with Crippen LogP contribution < -0.4 is 10.6 Å². The molecule has 2 rings (SSSR count). The van der Waals surface area contributed by atoms with Gasteiger partial charge in [-0.25, -0.2) is 4.39 Å². The summed E-state index contributed by atoms with van der Waals surface area (Å²) in [5.41, 5.74) is 0.828. The van der Waals surface area contributed by atoms with E-state index in [1.54, 1.807) is 25.1 Å². The molecule has 5 nitrogen and oxygen atoms in total. The molecule has 0 spiro atoms. The number of furan rings is 1. The third-order valence-electron chi connectivity index (χ3n) is 2.93. The number of benzene rings is 1. The van der Waals surface area contributed by atoms with Gasteiger partial charge in [-0.2, -0.15) is 0 Å². The quantitative estimate of drug-likeness (QED) is 0.908. The number of hydrogen-bond donors (Lipinski definition) is 2. The first-order valence-electron chi connectivity index (χ1n) is 6.39. The maximum Gasteiger partial charge on any atom is 0.287 e. The summed E-state index contributed by atoms with van der Waals surface area (Å²) < 4.78 is 18.3. The summed E-state index contributed by atoms with van der Waals surface area (Å²) >= 11 is 0. The lowest BCUT2D eigenvalue weighted by molar-refractivity contribution is -0.117. The fourth-order valence-electron chi connectivity index (χ4n) is 1.66. The van der Waals surface area contributed by atoms with Gasteiger partial charge in [-0.3, -0.25) is 9.59 Å². The van der Waals surface area contributed by atoms with Crippen molar-refractivity contribution < 1.29 is 18.4 Å². The van der Waals surface area contributed by atoms with E-state index >= 15 is 0 Å². The predicted octanol–water partition coefficient (Wildman–Crippen LogP) is 2.48. The smallest absolute Gasteiger partial charge is 0.287 e. The van der Waals surface area contributed by atoms with Crippen LogP contribution in [0.3, 0.4) is 0 Å². The van der Waals surface area contributed by atoms with Crippen LogP contribution in [-0.4, -0.2) is 17.9 Å². The van der Waals surface area contributed by atoms with Crippen molar-refractivity contribution >= 4 is 17.5 Å². The molecule has 1 heterocycles. The second kappa shape index (κ2) is 6.21.